The van der Waals surface area contributed by atoms with E-state index in [2.05, 4.69) is 4.98 Å². The van der Waals surface area contributed by atoms with Crippen LogP contribution in [0.4, 0.5) is 0 Å². The molecule has 0 fully saturated rings. The highest BCUT2D eigenvalue weighted by Gasteiger charge is 2.32. The molecule has 0 saturated heterocycles. The van der Waals surface area contributed by atoms with Crippen molar-refractivity contribution in [2.45, 2.75) is 6.92 Å². The van der Waals surface area contributed by atoms with Crippen LogP contribution in [-0.2, 0) is 10.4 Å². The topological polar surface area (TPSA) is 65.5 Å². The van der Waals surface area contributed by atoms with Crippen molar-refractivity contribution in [3.63, 3.8) is 0 Å². The van der Waals surface area contributed by atoms with Crippen molar-refractivity contribution in [3.05, 3.63) is 28.9 Å². The molecule has 1 aliphatic rings. The molecule has 2 heterocycles. The number of rotatable bonds is 0. The summed E-state index contributed by atoms with van der Waals surface area (Å²) in [6.07, 6.45) is 0. The molecule has 0 N–H and O–H groups in total. The number of nitrogens with zero attached hydrogens (tertiary/aromatic N) is 1. The molecule has 0 spiro atoms. The van der Waals surface area contributed by atoms with Gasteiger partial charge in [-0.3, -0.25) is 0 Å². The third-order valence-electron chi connectivity index (χ3n) is 2.40. The molecule has 0 aliphatic carbocycles. The predicted octanol–water partition coefficient (Wildman–Crippen LogP) is 2.21. The predicted molar refractivity (Wildman–Crippen MR) is 61.7 cm³/mol. The first-order chi connectivity index (χ1) is 7.96. The number of fused-ring (bicyclic) bond motifs is 3. The Kier molecular flexibility index (Phi) is 2.02. The fourth-order valence-corrected chi connectivity index (χ4v) is 2.68. The Morgan fingerprint density at radius 1 is 1.24 bits per heavy atom. The Morgan fingerprint density at radius 3 is 2.71 bits per heavy atom. The van der Waals surface area contributed by atoms with Crippen LogP contribution in [0.2, 0.25) is 5.02 Å². The van der Waals surface area contributed by atoms with Gasteiger partial charge in [0.25, 0.3) is 0 Å². The van der Waals surface area contributed by atoms with Gasteiger partial charge in [-0.15, -0.1) is 8.42 Å². The summed E-state index contributed by atoms with van der Waals surface area (Å²) >= 11 is 5.85. The van der Waals surface area contributed by atoms with E-state index in [0.29, 0.717) is 21.6 Å². The molecule has 0 amide bonds. The van der Waals surface area contributed by atoms with Gasteiger partial charge in [-0.1, -0.05) is 11.6 Å². The van der Waals surface area contributed by atoms with Gasteiger partial charge < -0.3 is 8.37 Å². The number of aromatic nitrogens is 1. The molecule has 88 valence electrons. The second kappa shape index (κ2) is 3.24. The van der Waals surface area contributed by atoms with Crippen LogP contribution >= 0.6 is 11.6 Å². The van der Waals surface area contributed by atoms with Crippen LogP contribution in [0.15, 0.2) is 18.2 Å². The molecule has 1 aliphatic heterocycles. The van der Waals surface area contributed by atoms with Crippen molar-refractivity contribution in [3.8, 4) is 11.5 Å². The molecule has 7 heteroatoms. The minimum atomic E-state index is -4.00. The normalized spacial score (nSPS) is 16.4. The van der Waals surface area contributed by atoms with Crippen molar-refractivity contribution in [1.29, 1.82) is 0 Å². The second-order valence-electron chi connectivity index (χ2n) is 3.59. The Morgan fingerprint density at radius 2 is 1.94 bits per heavy atom. The quantitative estimate of drug-likeness (QED) is 0.735. The molecule has 0 bridgehead atoms. The standard InChI is InChI=1S/C10H6ClNO4S/c1-5-9-10(16-17(13,14)15-9)7-3-2-6(11)4-8(7)12-5/h2-4H,1H3. The van der Waals surface area contributed by atoms with Crippen LogP contribution in [0.25, 0.3) is 10.9 Å². The first-order valence-corrected chi connectivity index (χ1v) is 6.41. The molecule has 2 aromatic rings. The lowest BCUT2D eigenvalue weighted by Crippen LogP contribution is -2.08. The second-order valence-corrected chi connectivity index (χ2v) is 5.18. The third-order valence-corrected chi connectivity index (χ3v) is 3.37. The molecule has 0 saturated carbocycles. The fraction of sp³-hybridized carbons (Fsp3) is 0.100. The molecular weight excluding hydrogens is 266 g/mol. The summed E-state index contributed by atoms with van der Waals surface area (Å²) in [5, 5.41) is 1.07. The van der Waals surface area contributed by atoms with Crippen molar-refractivity contribution >= 4 is 32.9 Å². The number of hydrogen-bond acceptors (Lipinski definition) is 5. The minimum Gasteiger partial charge on any atom is -0.348 e. The van der Waals surface area contributed by atoms with E-state index in [-0.39, 0.29) is 11.5 Å². The first-order valence-electron chi connectivity index (χ1n) is 4.70. The number of aryl methyl sites for hydroxylation is 1. The van der Waals surface area contributed by atoms with E-state index >= 15 is 0 Å². The Hall–Kier alpha value is -1.53. The lowest BCUT2D eigenvalue weighted by Gasteiger charge is -2.03. The molecule has 17 heavy (non-hydrogen) atoms. The number of halogens is 1. The molecule has 0 unspecified atom stereocenters. The number of hydrogen-bond donors (Lipinski definition) is 0. The van der Waals surface area contributed by atoms with E-state index in [0.717, 1.165) is 0 Å². The maximum Gasteiger partial charge on any atom is 0.501 e. The van der Waals surface area contributed by atoms with E-state index in [1.54, 1.807) is 25.1 Å². The average Bonchev–Trinajstić information content (AvgIpc) is 2.54. The van der Waals surface area contributed by atoms with Gasteiger partial charge in [0.1, 0.15) is 0 Å². The minimum absolute atomic E-state index is 0.139. The van der Waals surface area contributed by atoms with Crippen LogP contribution in [0, 0.1) is 6.92 Å². The lowest BCUT2D eigenvalue weighted by atomic mass is 10.1. The summed E-state index contributed by atoms with van der Waals surface area (Å²) in [7, 11) is -4.00. The summed E-state index contributed by atoms with van der Waals surface area (Å²) in [6.45, 7) is 1.64. The van der Waals surface area contributed by atoms with Gasteiger partial charge in [0.15, 0.2) is 0 Å². The number of pyridine rings is 1. The maximum atomic E-state index is 11.3. The SMILES string of the molecule is Cc1nc2cc(Cl)ccc2c2c1OS(=O)(=O)O2. The summed E-state index contributed by atoms with van der Waals surface area (Å²) in [6, 6.07) is 4.92. The molecule has 1 aromatic carbocycles. The summed E-state index contributed by atoms with van der Waals surface area (Å²) in [5.74, 6) is 0.309. The highest BCUT2D eigenvalue weighted by molar-refractivity contribution is 7.82. The summed E-state index contributed by atoms with van der Waals surface area (Å²) in [5.41, 5.74) is 1.00. The van der Waals surface area contributed by atoms with Crippen molar-refractivity contribution in [1.82, 2.24) is 4.98 Å². The van der Waals surface area contributed by atoms with Crippen molar-refractivity contribution in [2.24, 2.45) is 0 Å². The van der Waals surface area contributed by atoms with Gasteiger partial charge in [-0.25, -0.2) is 4.98 Å². The first kappa shape index (κ1) is 10.6. The fourth-order valence-electron chi connectivity index (χ4n) is 1.71. The molecule has 0 radical (unpaired) electrons. The van der Waals surface area contributed by atoms with E-state index in [1.807, 2.05) is 0 Å². The van der Waals surface area contributed by atoms with Gasteiger partial charge in [-0.2, -0.15) is 0 Å². The summed E-state index contributed by atoms with van der Waals surface area (Å²) in [4.78, 5) is 4.22. The van der Waals surface area contributed by atoms with E-state index in [4.69, 9.17) is 20.0 Å². The van der Waals surface area contributed by atoms with Gasteiger partial charge in [-0.05, 0) is 25.1 Å². The highest BCUT2D eigenvalue weighted by Crippen LogP contribution is 2.43. The van der Waals surface area contributed by atoms with Crippen molar-refractivity contribution in [2.75, 3.05) is 0 Å². The van der Waals surface area contributed by atoms with Gasteiger partial charge in [0.2, 0.25) is 11.5 Å². The largest absolute Gasteiger partial charge is 0.501 e. The van der Waals surface area contributed by atoms with Crippen molar-refractivity contribution < 1.29 is 16.8 Å². The third kappa shape index (κ3) is 1.60. The van der Waals surface area contributed by atoms with E-state index in [1.165, 1.54) is 0 Å². The van der Waals surface area contributed by atoms with Crippen LogP contribution in [0.1, 0.15) is 5.69 Å². The monoisotopic (exact) mass is 271 g/mol. The number of benzene rings is 1. The smallest absolute Gasteiger partial charge is 0.348 e. The van der Waals surface area contributed by atoms with Gasteiger partial charge >= 0.3 is 10.4 Å². The Balaban J connectivity index is 2.41. The zero-order valence-electron chi connectivity index (χ0n) is 8.60. The van der Waals surface area contributed by atoms with Crippen LogP contribution < -0.4 is 8.37 Å². The van der Waals surface area contributed by atoms with E-state index in [9.17, 15) is 8.42 Å². The molecular formula is C10H6ClNO4S. The Labute approximate surface area is 102 Å². The molecule has 3 rings (SSSR count). The van der Waals surface area contributed by atoms with Crippen LogP contribution in [0.5, 0.6) is 11.5 Å². The highest BCUT2D eigenvalue weighted by atomic mass is 35.5. The van der Waals surface area contributed by atoms with Crippen LogP contribution in [-0.4, -0.2) is 13.4 Å². The molecule has 5 nitrogen and oxygen atoms in total. The Bertz CT molecular complexity index is 742. The maximum absolute atomic E-state index is 11.3. The molecule has 0 atom stereocenters. The molecule has 1 aromatic heterocycles. The van der Waals surface area contributed by atoms with Crippen LogP contribution in [0.3, 0.4) is 0 Å². The van der Waals surface area contributed by atoms with E-state index < -0.39 is 10.4 Å². The van der Waals surface area contributed by atoms with Gasteiger partial charge in [0.05, 0.1) is 11.2 Å². The average molecular weight is 272 g/mol. The van der Waals surface area contributed by atoms with Gasteiger partial charge in [0, 0.05) is 10.4 Å². The zero-order valence-corrected chi connectivity index (χ0v) is 10.2. The zero-order chi connectivity index (χ0) is 12.2. The summed E-state index contributed by atoms with van der Waals surface area (Å²) < 4.78 is 32.0. The lowest BCUT2D eigenvalue weighted by molar-refractivity contribution is 0.436.